The molecule has 4 rings (SSSR count). The third-order valence-corrected chi connectivity index (χ3v) is 4.00. The Morgan fingerprint density at radius 2 is 1.85 bits per heavy atom. The van der Waals surface area contributed by atoms with E-state index in [-0.39, 0.29) is 17.2 Å². The number of nitrogens with one attached hydrogen (secondary N) is 1. The number of carbonyl (C=O) groups is 1. The molecule has 1 aromatic carbocycles. The zero-order valence-corrected chi connectivity index (χ0v) is 14.0. The Morgan fingerprint density at radius 3 is 2.58 bits per heavy atom. The molecule has 0 unspecified atom stereocenters. The minimum absolute atomic E-state index is 0.177. The first kappa shape index (κ1) is 15.8. The number of hydrogen-bond acceptors (Lipinski definition) is 4. The number of carbonyl (C=O) groups excluding carboxylic acids is 1. The Morgan fingerprint density at radius 1 is 1.04 bits per heavy atom. The van der Waals surface area contributed by atoms with Gasteiger partial charge in [-0.1, -0.05) is 18.2 Å². The van der Waals surface area contributed by atoms with Gasteiger partial charge < -0.3 is 9.72 Å². The zero-order valence-electron chi connectivity index (χ0n) is 14.0. The van der Waals surface area contributed by atoms with Crippen molar-refractivity contribution in [2.75, 3.05) is 5.32 Å². The van der Waals surface area contributed by atoms with Crippen LogP contribution >= 0.6 is 0 Å². The van der Waals surface area contributed by atoms with E-state index in [1.165, 1.54) is 19.2 Å². The van der Waals surface area contributed by atoms with Crippen LogP contribution < -0.4 is 10.9 Å². The van der Waals surface area contributed by atoms with Gasteiger partial charge in [-0.15, -0.1) is 0 Å². The van der Waals surface area contributed by atoms with E-state index in [0.717, 1.165) is 21.6 Å². The Bertz CT molecular complexity index is 1130. The summed E-state index contributed by atoms with van der Waals surface area (Å²) in [5.74, 6) is -0.374. The molecule has 0 spiro atoms. The van der Waals surface area contributed by atoms with Crippen LogP contribution in [0.2, 0.25) is 0 Å². The summed E-state index contributed by atoms with van der Waals surface area (Å²) in [6.45, 7) is 0. The molecular formula is C19H15N5O2. The number of aryl methyl sites for hydroxylation is 1. The third kappa shape index (κ3) is 2.98. The normalized spacial score (nSPS) is 10.8. The van der Waals surface area contributed by atoms with Gasteiger partial charge in [0.15, 0.2) is 0 Å². The molecule has 0 saturated carbocycles. The van der Waals surface area contributed by atoms with E-state index in [4.69, 9.17) is 0 Å². The molecule has 7 nitrogen and oxygen atoms in total. The molecule has 0 fully saturated rings. The standard InChI is InChI=1S/C19H15N5O2/c1-23-18(25)10-9-15(22-23)19(26)20-14-7-5-13(6-8-14)16-12-24-11-3-2-4-17(24)21-16/h2-12H,1H3,(H,20,26). The summed E-state index contributed by atoms with van der Waals surface area (Å²) in [5.41, 5.74) is 3.23. The summed E-state index contributed by atoms with van der Waals surface area (Å²) < 4.78 is 3.08. The molecule has 0 atom stereocenters. The molecular weight excluding hydrogens is 330 g/mol. The maximum Gasteiger partial charge on any atom is 0.276 e. The lowest BCUT2D eigenvalue weighted by Crippen LogP contribution is -2.23. The van der Waals surface area contributed by atoms with Crippen LogP contribution in [-0.4, -0.2) is 25.1 Å². The third-order valence-electron chi connectivity index (χ3n) is 4.00. The summed E-state index contributed by atoms with van der Waals surface area (Å²) >= 11 is 0. The van der Waals surface area contributed by atoms with E-state index in [1.807, 2.05) is 47.1 Å². The predicted molar refractivity (Wildman–Crippen MR) is 98.1 cm³/mol. The average molecular weight is 345 g/mol. The van der Waals surface area contributed by atoms with Crippen molar-refractivity contribution in [3.05, 3.63) is 83.0 Å². The predicted octanol–water partition coefficient (Wildman–Crippen LogP) is 2.35. The highest BCUT2D eigenvalue weighted by Gasteiger charge is 2.10. The number of benzene rings is 1. The van der Waals surface area contributed by atoms with Gasteiger partial charge in [0.1, 0.15) is 11.3 Å². The molecule has 0 bridgehead atoms. The number of imidazole rings is 1. The highest BCUT2D eigenvalue weighted by atomic mass is 16.2. The maximum atomic E-state index is 12.2. The topological polar surface area (TPSA) is 81.3 Å². The number of hydrogen-bond donors (Lipinski definition) is 1. The first-order valence-corrected chi connectivity index (χ1v) is 8.00. The molecule has 26 heavy (non-hydrogen) atoms. The number of pyridine rings is 1. The zero-order chi connectivity index (χ0) is 18.1. The van der Waals surface area contributed by atoms with Crippen LogP contribution in [0.3, 0.4) is 0 Å². The lowest BCUT2D eigenvalue weighted by molar-refractivity contribution is 0.102. The van der Waals surface area contributed by atoms with Crippen molar-refractivity contribution >= 4 is 17.2 Å². The van der Waals surface area contributed by atoms with Crippen LogP contribution in [0.1, 0.15) is 10.5 Å². The molecule has 0 radical (unpaired) electrons. The van der Waals surface area contributed by atoms with Crippen molar-refractivity contribution < 1.29 is 4.79 Å². The van der Waals surface area contributed by atoms with Gasteiger partial charge in [-0.3, -0.25) is 9.59 Å². The summed E-state index contributed by atoms with van der Waals surface area (Å²) in [6.07, 6.45) is 3.90. The van der Waals surface area contributed by atoms with Gasteiger partial charge in [0.05, 0.1) is 5.69 Å². The van der Waals surface area contributed by atoms with Crippen molar-refractivity contribution in [3.63, 3.8) is 0 Å². The second-order valence-corrected chi connectivity index (χ2v) is 5.80. The monoisotopic (exact) mass is 345 g/mol. The van der Waals surface area contributed by atoms with Crippen molar-refractivity contribution in [3.8, 4) is 11.3 Å². The number of amides is 1. The van der Waals surface area contributed by atoms with Crippen LogP contribution in [0.5, 0.6) is 0 Å². The molecule has 0 aliphatic heterocycles. The Labute approximate surface area is 148 Å². The highest BCUT2D eigenvalue weighted by Crippen LogP contribution is 2.21. The van der Waals surface area contributed by atoms with Gasteiger partial charge in [-0.05, 0) is 30.3 Å². The first-order chi connectivity index (χ1) is 12.6. The van der Waals surface area contributed by atoms with E-state index in [2.05, 4.69) is 15.4 Å². The maximum absolute atomic E-state index is 12.2. The molecule has 1 amide bonds. The fourth-order valence-electron chi connectivity index (χ4n) is 2.62. The molecule has 4 aromatic rings. The number of aromatic nitrogens is 4. The van der Waals surface area contributed by atoms with Crippen LogP contribution in [0.25, 0.3) is 16.9 Å². The highest BCUT2D eigenvalue weighted by molar-refractivity contribution is 6.02. The van der Waals surface area contributed by atoms with Crippen LogP contribution in [-0.2, 0) is 7.05 Å². The summed E-state index contributed by atoms with van der Waals surface area (Å²) in [6, 6.07) is 16.0. The average Bonchev–Trinajstić information content (AvgIpc) is 3.08. The Hall–Kier alpha value is -3.74. The lowest BCUT2D eigenvalue weighted by atomic mass is 10.1. The van der Waals surface area contributed by atoms with Crippen molar-refractivity contribution in [1.29, 1.82) is 0 Å². The fourth-order valence-corrected chi connectivity index (χ4v) is 2.62. The molecule has 3 aromatic heterocycles. The smallest absolute Gasteiger partial charge is 0.276 e. The van der Waals surface area contributed by atoms with Crippen LogP contribution in [0.4, 0.5) is 5.69 Å². The fraction of sp³-hybridized carbons (Fsp3) is 0.0526. The van der Waals surface area contributed by atoms with Crippen LogP contribution in [0, 0.1) is 0 Å². The number of nitrogens with zero attached hydrogens (tertiary/aromatic N) is 4. The minimum atomic E-state index is -0.374. The Balaban J connectivity index is 1.54. The SMILES string of the molecule is Cn1nc(C(=O)Nc2ccc(-c3cn4ccccc4n3)cc2)ccc1=O. The molecule has 3 heterocycles. The summed E-state index contributed by atoms with van der Waals surface area (Å²) in [4.78, 5) is 28.2. The Kier molecular flexibility index (Phi) is 3.81. The molecule has 0 aliphatic carbocycles. The summed E-state index contributed by atoms with van der Waals surface area (Å²) in [7, 11) is 1.50. The molecule has 128 valence electrons. The number of rotatable bonds is 3. The number of anilines is 1. The first-order valence-electron chi connectivity index (χ1n) is 8.00. The molecule has 0 saturated heterocycles. The largest absolute Gasteiger partial charge is 0.321 e. The summed E-state index contributed by atoms with van der Waals surface area (Å²) in [5, 5.41) is 6.71. The van der Waals surface area contributed by atoms with E-state index in [9.17, 15) is 9.59 Å². The van der Waals surface area contributed by atoms with Crippen molar-refractivity contribution in [2.45, 2.75) is 0 Å². The number of fused-ring (bicyclic) bond motifs is 1. The van der Waals surface area contributed by atoms with Gasteiger partial charge in [-0.2, -0.15) is 5.10 Å². The lowest BCUT2D eigenvalue weighted by Gasteiger charge is -2.06. The van der Waals surface area contributed by atoms with E-state index in [1.54, 1.807) is 12.1 Å². The molecule has 1 N–H and O–H groups in total. The molecule has 0 aliphatic rings. The second-order valence-electron chi connectivity index (χ2n) is 5.80. The quantitative estimate of drug-likeness (QED) is 0.618. The van der Waals surface area contributed by atoms with Crippen molar-refractivity contribution in [1.82, 2.24) is 19.2 Å². The molecule has 7 heteroatoms. The van der Waals surface area contributed by atoms with Gasteiger partial charge in [0.25, 0.3) is 11.5 Å². The van der Waals surface area contributed by atoms with Gasteiger partial charge in [0.2, 0.25) is 0 Å². The van der Waals surface area contributed by atoms with Gasteiger partial charge in [0, 0.05) is 36.8 Å². The van der Waals surface area contributed by atoms with E-state index >= 15 is 0 Å². The van der Waals surface area contributed by atoms with Gasteiger partial charge >= 0.3 is 0 Å². The van der Waals surface area contributed by atoms with Crippen molar-refractivity contribution in [2.24, 2.45) is 7.05 Å². The van der Waals surface area contributed by atoms with Crippen LogP contribution in [0.15, 0.2) is 71.8 Å². The van der Waals surface area contributed by atoms with E-state index in [0.29, 0.717) is 5.69 Å². The van der Waals surface area contributed by atoms with E-state index < -0.39 is 0 Å². The van der Waals surface area contributed by atoms with Gasteiger partial charge in [-0.25, -0.2) is 9.67 Å². The minimum Gasteiger partial charge on any atom is -0.321 e. The second kappa shape index (κ2) is 6.29.